The fourth-order valence-corrected chi connectivity index (χ4v) is 0.840. The van der Waals surface area contributed by atoms with Crippen LogP contribution in [0.5, 0.6) is 5.75 Å². The van der Waals surface area contributed by atoms with E-state index in [4.69, 9.17) is 21.6 Å². The topological polar surface area (TPSA) is 45.9 Å². The van der Waals surface area contributed by atoms with Crippen LogP contribution in [0.3, 0.4) is 0 Å². The van der Waals surface area contributed by atoms with Crippen molar-refractivity contribution in [1.29, 1.82) is 5.26 Å². The number of pyridine rings is 1. The van der Waals surface area contributed by atoms with Gasteiger partial charge in [0, 0.05) is 6.20 Å². The highest BCUT2D eigenvalue weighted by atomic mass is 35.5. The summed E-state index contributed by atoms with van der Waals surface area (Å²) in [6.45, 7) is 1.64. The molecule has 0 spiro atoms. The molecule has 62 valence electrons. The van der Waals surface area contributed by atoms with Crippen LogP contribution in [0.4, 0.5) is 0 Å². The minimum Gasteiger partial charge on any atom is -0.473 e. The van der Waals surface area contributed by atoms with Crippen LogP contribution in [0, 0.1) is 11.3 Å². The number of nitrogens with zero attached hydrogens (tertiary/aromatic N) is 2. The van der Waals surface area contributed by atoms with Crippen molar-refractivity contribution in [2.45, 2.75) is 13.0 Å². The Bertz CT molecular complexity index is 308. The number of nitriles is 1. The molecule has 0 saturated carbocycles. The van der Waals surface area contributed by atoms with Gasteiger partial charge in [-0.15, -0.1) is 0 Å². The first-order chi connectivity index (χ1) is 5.74. The van der Waals surface area contributed by atoms with Crippen LogP contribution in [0.1, 0.15) is 6.92 Å². The highest BCUT2D eigenvalue weighted by Gasteiger charge is 2.05. The first-order valence-corrected chi connectivity index (χ1v) is 3.78. The fraction of sp³-hybridized carbons (Fsp3) is 0.250. The normalized spacial score (nSPS) is 11.8. The molecule has 1 aromatic heterocycles. The molecule has 0 aliphatic rings. The third kappa shape index (κ3) is 2.11. The molecule has 0 radical (unpaired) electrons. The molecule has 3 nitrogen and oxygen atoms in total. The van der Waals surface area contributed by atoms with E-state index >= 15 is 0 Å². The average Bonchev–Trinajstić information content (AvgIpc) is 2.09. The third-order valence-electron chi connectivity index (χ3n) is 1.21. The summed E-state index contributed by atoms with van der Waals surface area (Å²) in [4.78, 5) is 3.80. The van der Waals surface area contributed by atoms with Gasteiger partial charge >= 0.3 is 0 Å². The molecule has 0 aliphatic heterocycles. The molecule has 0 bridgehead atoms. The first-order valence-electron chi connectivity index (χ1n) is 3.41. The highest BCUT2D eigenvalue weighted by Crippen LogP contribution is 2.21. The summed E-state index contributed by atoms with van der Waals surface area (Å²) in [5, 5.41) is 8.73. The van der Waals surface area contributed by atoms with E-state index in [0.29, 0.717) is 5.75 Å². The highest BCUT2D eigenvalue weighted by molar-refractivity contribution is 6.30. The molecule has 0 amide bonds. The summed E-state index contributed by atoms with van der Waals surface area (Å²) < 4.78 is 5.14. The Kier molecular flexibility index (Phi) is 2.89. The molecule has 1 heterocycles. The standard InChI is InChI=1S/C8H7ClN2O/c1-6(5-10)12-7-3-2-4-11-8(7)9/h2-4,6H,1H3. The van der Waals surface area contributed by atoms with Crippen molar-refractivity contribution in [2.75, 3.05) is 0 Å². The maximum absolute atomic E-state index is 8.45. The number of rotatable bonds is 2. The lowest BCUT2D eigenvalue weighted by Crippen LogP contribution is -2.08. The van der Waals surface area contributed by atoms with Gasteiger partial charge in [-0.3, -0.25) is 0 Å². The molecule has 0 N–H and O–H groups in total. The number of ether oxygens (including phenoxy) is 1. The van der Waals surface area contributed by atoms with Crippen LogP contribution < -0.4 is 4.74 Å². The number of hydrogen-bond acceptors (Lipinski definition) is 3. The molecule has 12 heavy (non-hydrogen) atoms. The molecule has 1 unspecified atom stereocenters. The van der Waals surface area contributed by atoms with Gasteiger partial charge in [0.2, 0.25) is 0 Å². The molecule has 1 atom stereocenters. The van der Waals surface area contributed by atoms with Crippen molar-refractivity contribution >= 4 is 11.6 Å². The van der Waals surface area contributed by atoms with Gasteiger partial charge in [0.25, 0.3) is 0 Å². The summed E-state index contributed by atoms with van der Waals surface area (Å²) in [7, 11) is 0. The quantitative estimate of drug-likeness (QED) is 0.658. The second kappa shape index (κ2) is 3.93. The van der Waals surface area contributed by atoms with Gasteiger partial charge in [-0.1, -0.05) is 11.6 Å². The van der Waals surface area contributed by atoms with Gasteiger partial charge in [0.05, 0.1) is 0 Å². The molecule has 0 saturated heterocycles. The summed E-state index contributed by atoms with van der Waals surface area (Å²) >= 11 is 5.68. The van der Waals surface area contributed by atoms with E-state index in [1.807, 2.05) is 6.07 Å². The SMILES string of the molecule is CC(C#N)Oc1cccnc1Cl. The minimum atomic E-state index is -0.508. The summed E-state index contributed by atoms with van der Waals surface area (Å²) in [5.74, 6) is 0.438. The summed E-state index contributed by atoms with van der Waals surface area (Å²) in [6, 6.07) is 5.30. The molecular formula is C8H7ClN2O. The van der Waals surface area contributed by atoms with Gasteiger partial charge in [-0.05, 0) is 19.1 Å². The zero-order valence-electron chi connectivity index (χ0n) is 6.49. The number of aromatic nitrogens is 1. The molecular weight excluding hydrogens is 176 g/mol. The van der Waals surface area contributed by atoms with Crippen molar-refractivity contribution in [3.8, 4) is 11.8 Å². The van der Waals surface area contributed by atoms with E-state index in [2.05, 4.69) is 4.98 Å². The second-order valence-electron chi connectivity index (χ2n) is 2.18. The molecule has 0 fully saturated rings. The van der Waals surface area contributed by atoms with E-state index in [9.17, 15) is 0 Å². The van der Waals surface area contributed by atoms with E-state index in [-0.39, 0.29) is 5.15 Å². The van der Waals surface area contributed by atoms with Crippen molar-refractivity contribution in [1.82, 2.24) is 4.98 Å². The van der Waals surface area contributed by atoms with Crippen molar-refractivity contribution in [3.63, 3.8) is 0 Å². The Morgan fingerprint density at radius 3 is 3.08 bits per heavy atom. The summed E-state index contributed by atoms with van der Waals surface area (Å²) in [5.41, 5.74) is 0. The average molecular weight is 183 g/mol. The summed E-state index contributed by atoms with van der Waals surface area (Å²) in [6.07, 6.45) is 1.05. The predicted molar refractivity (Wildman–Crippen MR) is 45.0 cm³/mol. The Morgan fingerprint density at radius 2 is 2.50 bits per heavy atom. The van der Waals surface area contributed by atoms with E-state index in [1.165, 1.54) is 0 Å². The monoisotopic (exact) mass is 182 g/mol. The maximum Gasteiger partial charge on any atom is 0.181 e. The molecule has 0 aliphatic carbocycles. The largest absolute Gasteiger partial charge is 0.473 e. The van der Waals surface area contributed by atoms with Crippen LogP contribution >= 0.6 is 11.6 Å². The van der Waals surface area contributed by atoms with Crippen LogP contribution in [0.25, 0.3) is 0 Å². The lowest BCUT2D eigenvalue weighted by Gasteiger charge is -2.07. The Balaban J connectivity index is 2.77. The fourth-order valence-electron chi connectivity index (χ4n) is 0.676. The molecule has 4 heteroatoms. The predicted octanol–water partition coefficient (Wildman–Crippen LogP) is 2.03. The lowest BCUT2D eigenvalue weighted by atomic mass is 10.4. The van der Waals surface area contributed by atoms with Crippen molar-refractivity contribution < 1.29 is 4.74 Å². The Morgan fingerprint density at radius 1 is 1.75 bits per heavy atom. The third-order valence-corrected chi connectivity index (χ3v) is 1.49. The first kappa shape index (κ1) is 8.82. The smallest absolute Gasteiger partial charge is 0.181 e. The van der Waals surface area contributed by atoms with Gasteiger partial charge in [0.15, 0.2) is 17.0 Å². The van der Waals surface area contributed by atoms with Crippen LogP contribution in [0.15, 0.2) is 18.3 Å². The Hall–Kier alpha value is -1.27. The van der Waals surface area contributed by atoms with Gasteiger partial charge in [-0.25, -0.2) is 4.98 Å². The zero-order chi connectivity index (χ0) is 8.97. The number of hydrogen-bond donors (Lipinski definition) is 0. The van der Waals surface area contributed by atoms with Crippen LogP contribution in [-0.4, -0.2) is 11.1 Å². The number of halogens is 1. The Labute approximate surface area is 75.6 Å². The van der Waals surface area contributed by atoms with E-state index in [0.717, 1.165) is 0 Å². The van der Waals surface area contributed by atoms with Crippen LogP contribution in [-0.2, 0) is 0 Å². The van der Waals surface area contributed by atoms with Gasteiger partial charge in [-0.2, -0.15) is 5.26 Å². The molecule has 0 aromatic carbocycles. The van der Waals surface area contributed by atoms with Gasteiger partial charge < -0.3 is 4.74 Å². The van der Waals surface area contributed by atoms with Crippen LogP contribution in [0.2, 0.25) is 5.15 Å². The van der Waals surface area contributed by atoms with Crippen molar-refractivity contribution in [2.24, 2.45) is 0 Å². The molecule has 1 rings (SSSR count). The second-order valence-corrected chi connectivity index (χ2v) is 2.54. The van der Waals surface area contributed by atoms with E-state index in [1.54, 1.807) is 25.3 Å². The molecule has 1 aromatic rings. The lowest BCUT2D eigenvalue weighted by molar-refractivity contribution is 0.275. The zero-order valence-corrected chi connectivity index (χ0v) is 7.25. The minimum absolute atomic E-state index is 0.277. The maximum atomic E-state index is 8.45. The van der Waals surface area contributed by atoms with Gasteiger partial charge in [0.1, 0.15) is 6.07 Å². The van der Waals surface area contributed by atoms with E-state index < -0.39 is 6.10 Å². The van der Waals surface area contributed by atoms with Crippen molar-refractivity contribution in [3.05, 3.63) is 23.5 Å².